The van der Waals surface area contributed by atoms with Crippen LogP contribution in [0.1, 0.15) is 31.1 Å². The summed E-state index contributed by atoms with van der Waals surface area (Å²) >= 11 is 0. The Morgan fingerprint density at radius 3 is 0.973 bits per heavy atom. The molecule has 0 bridgehead atoms. The van der Waals surface area contributed by atoms with E-state index < -0.39 is 17.9 Å². The Balaban J connectivity index is 1.50. The lowest BCUT2D eigenvalue weighted by Crippen LogP contribution is -2.35. The minimum atomic E-state index is -0.482. The maximum Gasteiger partial charge on any atom is 0.338 e. The van der Waals surface area contributed by atoms with Crippen LogP contribution < -0.4 is 17.2 Å². The van der Waals surface area contributed by atoms with E-state index in [4.69, 9.17) is 31.4 Å². The van der Waals surface area contributed by atoms with Gasteiger partial charge in [0.2, 0.25) is 0 Å². The van der Waals surface area contributed by atoms with Crippen molar-refractivity contribution < 1.29 is 28.6 Å². The quantitative estimate of drug-likeness (QED) is 0.189. The second-order valence-corrected chi connectivity index (χ2v) is 8.12. The third kappa shape index (κ3) is 8.86. The second-order valence-electron chi connectivity index (χ2n) is 8.12. The number of carbonyl (C=O) groups is 3. The molecule has 10 nitrogen and oxygen atoms in total. The SMILES string of the molecule is Nc1ccc(C(=O)OCCN(CCOC(=O)c2ccc(N)cc2)CCOC(=O)c2ccc(N)cc2)cc1. The van der Waals surface area contributed by atoms with Gasteiger partial charge in [0.15, 0.2) is 0 Å². The number of nitrogens with two attached hydrogens (primary N) is 3. The first-order chi connectivity index (χ1) is 17.8. The van der Waals surface area contributed by atoms with Crippen LogP contribution in [-0.4, -0.2) is 62.3 Å². The Bertz CT molecular complexity index is 1030. The molecule has 0 aliphatic rings. The zero-order valence-corrected chi connectivity index (χ0v) is 20.3. The van der Waals surface area contributed by atoms with Crippen molar-refractivity contribution in [1.29, 1.82) is 0 Å². The number of carbonyl (C=O) groups excluding carboxylic acids is 3. The molecule has 0 amide bonds. The molecule has 0 fully saturated rings. The third-order valence-corrected chi connectivity index (χ3v) is 5.36. The molecule has 6 N–H and O–H groups in total. The maximum atomic E-state index is 12.3. The standard InChI is InChI=1S/C27H30N4O6/c28-22-7-1-19(2-8-22)25(32)35-16-13-31(14-17-36-26(33)20-3-9-23(29)10-4-20)15-18-37-27(34)21-5-11-24(30)12-6-21/h1-12H,13-18,28-30H2. The van der Waals surface area contributed by atoms with Gasteiger partial charge in [0.05, 0.1) is 16.7 Å². The van der Waals surface area contributed by atoms with Crippen molar-refractivity contribution in [3.8, 4) is 0 Å². The van der Waals surface area contributed by atoms with Gasteiger partial charge in [-0.25, -0.2) is 14.4 Å². The van der Waals surface area contributed by atoms with Gasteiger partial charge in [-0.05, 0) is 72.8 Å². The van der Waals surface area contributed by atoms with E-state index in [1.807, 2.05) is 4.90 Å². The Kier molecular flexibility index (Phi) is 9.86. The molecule has 0 aliphatic heterocycles. The van der Waals surface area contributed by atoms with Crippen molar-refractivity contribution in [2.45, 2.75) is 0 Å². The third-order valence-electron chi connectivity index (χ3n) is 5.36. The van der Waals surface area contributed by atoms with Crippen LogP contribution in [-0.2, 0) is 14.2 Å². The molecule has 10 heteroatoms. The summed E-state index contributed by atoms with van der Waals surface area (Å²) in [6.07, 6.45) is 0. The number of hydrogen-bond donors (Lipinski definition) is 3. The zero-order chi connectivity index (χ0) is 26.6. The van der Waals surface area contributed by atoms with Crippen LogP contribution in [0.2, 0.25) is 0 Å². The number of anilines is 3. The van der Waals surface area contributed by atoms with E-state index in [9.17, 15) is 14.4 Å². The van der Waals surface area contributed by atoms with Gasteiger partial charge in [0, 0.05) is 36.7 Å². The van der Waals surface area contributed by atoms with Crippen molar-refractivity contribution in [3.63, 3.8) is 0 Å². The molecule has 194 valence electrons. The highest BCUT2D eigenvalue weighted by molar-refractivity contribution is 5.90. The smallest absolute Gasteiger partial charge is 0.338 e. The highest BCUT2D eigenvalue weighted by Gasteiger charge is 2.13. The van der Waals surface area contributed by atoms with Crippen LogP contribution in [0, 0.1) is 0 Å². The summed E-state index contributed by atoms with van der Waals surface area (Å²) in [6.45, 7) is 1.25. The predicted molar refractivity (Wildman–Crippen MR) is 140 cm³/mol. The van der Waals surface area contributed by atoms with Crippen LogP contribution in [0.25, 0.3) is 0 Å². The summed E-state index contributed by atoms with van der Waals surface area (Å²) in [5.74, 6) is -1.45. The zero-order valence-electron chi connectivity index (χ0n) is 20.3. The van der Waals surface area contributed by atoms with E-state index in [2.05, 4.69) is 0 Å². The second kappa shape index (κ2) is 13.5. The molecular weight excluding hydrogens is 476 g/mol. The van der Waals surface area contributed by atoms with Gasteiger partial charge >= 0.3 is 17.9 Å². The average molecular weight is 507 g/mol. The van der Waals surface area contributed by atoms with Crippen molar-refractivity contribution in [1.82, 2.24) is 4.90 Å². The first-order valence-electron chi connectivity index (χ1n) is 11.6. The molecule has 3 aromatic carbocycles. The van der Waals surface area contributed by atoms with Crippen molar-refractivity contribution in [2.24, 2.45) is 0 Å². The van der Waals surface area contributed by atoms with Crippen LogP contribution >= 0.6 is 0 Å². The lowest BCUT2D eigenvalue weighted by molar-refractivity contribution is 0.0331. The molecule has 3 rings (SSSR count). The Morgan fingerprint density at radius 1 is 0.486 bits per heavy atom. The fourth-order valence-electron chi connectivity index (χ4n) is 3.25. The van der Waals surface area contributed by atoms with Gasteiger partial charge in [-0.15, -0.1) is 0 Å². The van der Waals surface area contributed by atoms with E-state index in [1.54, 1.807) is 72.8 Å². The monoisotopic (exact) mass is 506 g/mol. The van der Waals surface area contributed by atoms with Crippen LogP contribution in [0.5, 0.6) is 0 Å². The van der Waals surface area contributed by atoms with E-state index in [1.165, 1.54) is 0 Å². The van der Waals surface area contributed by atoms with Crippen molar-refractivity contribution in [2.75, 3.05) is 56.7 Å². The van der Waals surface area contributed by atoms with Gasteiger partial charge < -0.3 is 31.4 Å². The average Bonchev–Trinajstić information content (AvgIpc) is 2.89. The van der Waals surface area contributed by atoms with Gasteiger partial charge in [0.25, 0.3) is 0 Å². The molecule has 0 unspecified atom stereocenters. The van der Waals surface area contributed by atoms with Gasteiger partial charge in [-0.3, -0.25) is 4.90 Å². The van der Waals surface area contributed by atoms with Gasteiger partial charge in [0.1, 0.15) is 19.8 Å². The molecule has 0 saturated heterocycles. The highest BCUT2D eigenvalue weighted by atomic mass is 16.5. The molecular formula is C27H30N4O6. The molecule has 0 heterocycles. The normalized spacial score (nSPS) is 10.6. The molecule has 0 saturated carbocycles. The van der Waals surface area contributed by atoms with Gasteiger partial charge in [-0.2, -0.15) is 0 Å². The molecule has 3 aromatic rings. The molecule has 0 spiro atoms. The lowest BCUT2D eigenvalue weighted by Gasteiger charge is -2.22. The maximum absolute atomic E-state index is 12.3. The van der Waals surface area contributed by atoms with Crippen LogP contribution in [0.15, 0.2) is 72.8 Å². The fraction of sp³-hybridized carbons (Fsp3) is 0.222. The van der Waals surface area contributed by atoms with E-state index in [-0.39, 0.29) is 19.8 Å². The molecule has 0 aromatic heterocycles. The minimum Gasteiger partial charge on any atom is -0.461 e. The van der Waals surface area contributed by atoms with Crippen LogP contribution in [0.4, 0.5) is 17.1 Å². The summed E-state index contributed by atoms with van der Waals surface area (Å²) in [5.41, 5.74) is 19.7. The topological polar surface area (TPSA) is 160 Å². The number of rotatable bonds is 12. The van der Waals surface area contributed by atoms with Crippen LogP contribution in [0.3, 0.4) is 0 Å². The molecule has 0 atom stereocenters. The summed E-state index contributed by atoms with van der Waals surface area (Å²) < 4.78 is 16.1. The first kappa shape index (κ1) is 27.0. The first-order valence-corrected chi connectivity index (χ1v) is 11.6. The van der Waals surface area contributed by atoms with E-state index in [0.29, 0.717) is 53.4 Å². The van der Waals surface area contributed by atoms with E-state index in [0.717, 1.165) is 0 Å². The lowest BCUT2D eigenvalue weighted by atomic mass is 10.2. The predicted octanol–water partition coefficient (Wildman–Crippen LogP) is 2.61. The van der Waals surface area contributed by atoms with Crippen molar-refractivity contribution in [3.05, 3.63) is 89.5 Å². The number of benzene rings is 3. The Hall–Kier alpha value is -4.57. The van der Waals surface area contributed by atoms with Gasteiger partial charge in [-0.1, -0.05) is 0 Å². The number of nitrogens with zero attached hydrogens (tertiary/aromatic N) is 1. The summed E-state index contributed by atoms with van der Waals surface area (Å²) in [6, 6.07) is 19.2. The Morgan fingerprint density at radius 2 is 0.730 bits per heavy atom. The van der Waals surface area contributed by atoms with E-state index >= 15 is 0 Å². The molecule has 37 heavy (non-hydrogen) atoms. The number of ether oxygens (including phenoxy) is 3. The summed E-state index contributed by atoms with van der Waals surface area (Å²) in [7, 11) is 0. The molecule has 0 radical (unpaired) electrons. The number of esters is 3. The fourth-order valence-corrected chi connectivity index (χ4v) is 3.25. The number of nitrogen functional groups attached to an aromatic ring is 3. The summed E-state index contributed by atoms with van der Waals surface area (Å²) in [4.78, 5) is 38.7. The highest BCUT2D eigenvalue weighted by Crippen LogP contribution is 2.09. The molecule has 0 aliphatic carbocycles. The number of hydrogen-bond acceptors (Lipinski definition) is 10. The largest absolute Gasteiger partial charge is 0.461 e. The minimum absolute atomic E-state index is 0.0844. The Labute approximate surface area is 214 Å². The summed E-state index contributed by atoms with van der Waals surface area (Å²) in [5, 5.41) is 0. The van der Waals surface area contributed by atoms with Crippen molar-refractivity contribution >= 4 is 35.0 Å².